The SMILES string of the molecule is CC(C)CN(Cc1ccccc1)C(=O)C1CCCO1. The molecule has 0 aliphatic carbocycles. The molecule has 3 nitrogen and oxygen atoms in total. The Morgan fingerprint density at radius 1 is 1.37 bits per heavy atom. The standard InChI is InChI=1S/C16H23NO2/c1-13(2)11-17(12-14-7-4-3-5-8-14)16(18)15-9-6-10-19-15/h3-5,7-8,13,15H,6,9-12H2,1-2H3. The van der Waals surface area contributed by atoms with Crippen molar-refractivity contribution >= 4 is 5.91 Å². The molecule has 1 aliphatic heterocycles. The van der Waals surface area contributed by atoms with Crippen LogP contribution in [0.3, 0.4) is 0 Å². The number of benzene rings is 1. The molecule has 1 saturated heterocycles. The van der Waals surface area contributed by atoms with Crippen molar-refractivity contribution in [2.75, 3.05) is 13.2 Å². The van der Waals surface area contributed by atoms with Gasteiger partial charge in [-0.15, -0.1) is 0 Å². The molecule has 0 saturated carbocycles. The highest BCUT2D eigenvalue weighted by Crippen LogP contribution is 2.17. The van der Waals surface area contributed by atoms with E-state index in [9.17, 15) is 4.79 Å². The summed E-state index contributed by atoms with van der Waals surface area (Å²) < 4.78 is 5.52. The molecule has 0 bridgehead atoms. The number of ether oxygens (including phenoxy) is 1. The lowest BCUT2D eigenvalue weighted by Gasteiger charge is -2.27. The average molecular weight is 261 g/mol. The average Bonchev–Trinajstić information content (AvgIpc) is 2.91. The van der Waals surface area contributed by atoms with Gasteiger partial charge < -0.3 is 9.64 Å². The minimum atomic E-state index is -0.220. The minimum Gasteiger partial charge on any atom is -0.368 e. The zero-order valence-electron chi connectivity index (χ0n) is 11.8. The fourth-order valence-corrected chi connectivity index (χ4v) is 2.45. The monoisotopic (exact) mass is 261 g/mol. The summed E-state index contributed by atoms with van der Waals surface area (Å²) in [5.74, 6) is 0.615. The molecular weight excluding hydrogens is 238 g/mol. The van der Waals surface area contributed by atoms with Crippen molar-refractivity contribution in [3.63, 3.8) is 0 Å². The number of hydrogen-bond acceptors (Lipinski definition) is 2. The normalized spacial score (nSPS) is 18.8. The highest BCUT2D eigenvalue weighted by atomic mass is 16.5. The van der Waals surface area contributed by atoms with Gasteiger partial charge in [-0.05, 0) is 24.3 Å². The van der Waals surface area contributed by atoms with Crippen molar-refractivity contribution in [1.29, 1.82) is 0 Å². The number of nitrogens with zero attached hydrogens (tertiary/aromatic N) is 1. The second kappa shape index (κ2) is 6.71. The van der Waals surface area contributed by atoms with E-state index < -0.39 is 0 Å². The number of hydrogen-bond donors (Lipinski definition) is 0. The third-order valence-electron chi connectivity index (χ3n) is 3.32. The van der Waals surface area contributed by atoms with E-state index in [1.165, 1.54) is 5.56 Å². The van der Waals surface area contributed by atoms with Crippen LogP contribution in [0.2, 0.25) is 0 Å². The Balaban J connectivity index is 2.04. The Labute approximate surface area is 115 Å². The zero-order valence-corrected chi connectivity index (χ0v) is 11.8. The topological polar surface area (TPSA) is 29.5 Å². The number of amides is 1. The number of carbonyl (C=O) groups is 1. The maximum atomic E-state index is 12.5. The van der Waals surface area contributed by atoms with Crippen LogP contribution in [0.25, 0.3) is 0 Å². The van der Waals surface area contributed by atoms with Gasteiger partial charge in [0.05, 0.1) is 0 Å². The van der Waals surface area contributed by atoms with E-state index in [0.717, 1.165) is 26.0 Å². The van der Waals surface area contributed by atoms with Gasteiger partial charge in [-0.25, -0.2) is 0 Å². The van der Waals surface area contributed by atoms with Crippen LogP contribution in [-0.4, -0.2) is 30.1 Å². The number of carbonyl (C=O) groups excluding carboxylic acids is 1. The first kappa shape index (κ1) is 14.1. The first-order valence-corrected chi connectivity index (χ1v) is 7.11. The fraction of sp³-hybridized carbons (Fsp3) is 0.562. The zero-order chi connectivity index (χ0) is 13.7. The van der Waals surface area contributed by atoms with E-state index in [4.69, 9.17) is 4.74 Å². The Hall–Kier alpha value is -1.35. The second-order valence-electron chi connectivity index (χ2n) is 5.60. The lowest BCUT2D eigenvalue weighted by molar-refractivity contribution is -0.142. The summed E-state index contributed by atoms with van der Waals surface area (Å²) in [6.45, 7) is 6.46. The Bertz CT molecular complexity index is 396. The summed E-state index contributed by atoms with van der Waals surface area (Å²) in [5.41, 5.74) is 1.18. The third-order valence-corrected chi connectivity index (χ3v) is 3.32. The van der Waals surface area contributed by atoms with Crippen LogP contribution in [0.15, 0.2) is 30.3 Å². The maximum Gasteiger partial charge on any atom is 0.252 e. The highest BCUT2D eigenvalue weighted by Gasteiger charge is 2.28. The van der Waals surface area contributed by atoms with Crippen LogP contribution >= 0.6 is 0 Å². The van der Waals surface area contributed by atoms with Crippen LogP contribution < -0.4 is 0 Å². The smallest absolute Gasteiger partial charge is 0.252 e. The predicted molar refractivity (Wildman–Crippen MR) is 75.7 cm³/mol. The minimum absolute atomic E-state index is 0.148. The van der Waals surface area contributed by atoms with E-state index in [2.05, 4.69) is 26.0 Å². The molecule has 0 N–H and O–H groups in total. The first-order valence-electron chi connectivity index (χ1n) is 7.11. The van der Waals surface area contributed by atoms with Crippen LogP contribution in [0.1, 0.15) is 32.3 Å². The summed E-state index contributed by atoms with van der Waals surface area (Å²) in [4.78, 5) is 14.4. The van der Waals surface area contributed by atoms with Gasteiger partial charge in [0, 0.05) is 19.7 Å². The molecule has 0 aromatic heterocycles. The second-order valence-corrected chi connectivity index (χ2v) is 5.60. The van der Waals surface area contributed by atoms with Gasteiger partial charge in [0.25, 0.3) is 5.91 Å². The molecule has 1 unspecified atom stereocenters. The van der Waals surface area contributed by atoms with Crippen LogP contribution in [0.4, 0.5) is 0 Å². The molecule has 1 amide bonds. The van der Waals surface area contributed by atoms with Crippen LogP contribution in [-0.2, 0) is 16.1 Å². The molecule has 104 valence electrons. The lowest BCUT2D eigenvalue weighted by atomic mass is 10.1. The molecule has 1 fully saturated rings. The van der Waals surface area contributed by atoms with Crippen LogP contribution in [0, 0.1) is 5.92 Å². The molecule has 1 aromatic rings. The molecule has 0 radical (unpaired) electrons. The Morgan fingerprint density at radius 2 is 2.11 bits per heavy atom. The van der Waals surface area contributed by atoms with Crippen molar-refractivity contribution < 1.29 is 9.53 Å². The van der Waals surface area contributed by atoms with Crippen molar-refractivity contribution in [1.82, 2.24) is 4.90 Å². The third kappa shape index (κ3) is 4.06. The van der Waals surface area contributed by atoms with E-state index in [-0.39, 0.29) is 12.0 Å². The Kier molecular flexibility index (Phi) is 4.97. The van der Waals surface area contributed by atoms with Crippen LogP contribution in [0.5, 0.6) is 0 Å². The lowest BCUT2D eigenvalue weighted by Crippen LogP contribution is -2.40. The summed E-state index contributed by atoms with van der Waals surface area (Å²) in [5, 5.41) is 0. The van der Waals surface area contributed by atoms with E-state index in [1.807, 2.05) is 23.1 Å². The molecule has 0 spiro atoms. The van der Waals surface area contributed by atoms with Crippen molar-refractivity contribution in [3.05, 3.63) is 35.9 Å². The van der Waals surface area contributed by atoms with Crippen molar-refractivity contribution in [2.24, 2.45) is 5.92 Å². The van der Waals surface area contributed by atoms with Crippen molar-refractivity contribution in [3.8, 4) is 0 Å². The predicted octanol–water partition coefficient (Wildman–Crippen LogP) is 2.85. The molecule has 1 heterocycles. The summed E-state index contributed by atoms with van der Waals surface area (Å²) in [6.07, 6.45) is 1.64. The van der Waals surface area contributed by atoms with Gasteiger partial charge in [-0.3, -0.25) is 4.79 Å². The molecule has 1 aromatic carbocycles. The van der Waals surface area contributed by atoms with Gasteiger partial charge in [-0.1, -0.05) is 44.2 Å². The van der Waals surface area contributed by atoms with E-state index in [1.54, 1.807) is 0 Å². The van der Waals surface area contributed by atoms with Gasteiger partial charge >= 0.3 is 0 Å². The number of rotatable bonds is 5. The van der Waals surface area contributed by atoms with Gasteiger partial charge in [-0.2, -0.15) is 0 Å². The van der Waals surface area contributed by atoms with E-state index in [0.29, 0.717) is 12.5 Å². The molecule has 3 heteroatoms. The van der Waals surface area contributed by atoms with Gasteiger partial charge in [0.2, 0.25) is 0 Å². The summed E-state index contributed by atoms with van der Waals surface area (Å²) in [6, 6.07) is 10.2. The molecular formula is C16H23NO2. The quantitative estimate of drug-likeness (QED) is 0.815. The first-order chi connectivity index (χ1) is 9.16. The fourth-order valence-electron chi connectivity index (χ4n) is 2.45. The van der Waals surface area contributed by atoms with Crippen molar-refractivity contribution in [2.45, 2.75) is 39.3 Å². The Morgan fingerprint density at radius 3 is 2.68 bits per heavy atom. The molecule has 1 aliphatic rings. The molecule has 2 rings (SSSR count). The largest absolute Gasteiger partial charge is 0.368 e. The van der Waals surface area contributed by atoms with Gasteiger partial charge in [0.15, 0.2) is 0 Å². The van der Waals surface area contributed by atoms with Gasteiger partial charge in [0.1, 0.15) is 6.10 Å². The molecule has 19 heavy (non-hydrogen) atoms. The highest BCUT2D eigenvalue weighted by molar-refractivity contribution is 5.81. The molecule has 1 atom stereocenters. The summed E-state index contributed by atoms with van der Waals surface area (Å²) in [7, 11) is 0. The maximum absolute atomic E-state index is 12.5. The summed E-state index contributed by atoms with van der Waals surface area (Å²) >= 11 is 0. The van der Waals surface area contributed by atoms with E-state index >= 15 is 0 Å².